The molecular formula is C22H18ClN3O2. The molecule has 3 heterocycles. The zero-order valence-electron chi connectivity index (χ0n) is 15.2. The number of carbonyl (C=O) groups is 1. The Hall–Kier alpha value is -2.79. The van der Waals surface area contributed by atoms with Crippen LogP contribution in [0, 0.1) is 0 Å². The fourth-order valence-electron chi connectivity index (χ4n) is 4.11. The van der Waals surface area contributed by atoms with Crippen LogP contribution in [0.3, 0.4) is 0 Å². The Morgan fingerprint density at radius 3 is 2.93 bits per heavy atom. The maximum Gasteiger partial charge on any atom is 0.201 e. The molecule has 2 aliphatic rings. The van der Waals surface area contributed by atoms with Crippen molar-refractivity contribution < 1.29 is 9.21 Å². The number of fused-ring (bicyclic) bond motifs is 1. The van der Waals surface area contributed by atoms with Gasteiger partial charge in [0.1, 0.15) is 11.6 Å². The minimum absolute atomic E-state index is 0.184. The molecule has 6 heteroatoms. The molecule has 28 heavy (non-hydrogen) atoms. The van der Waals surface area contributed by atoms with Crippen LogP contribution in [-0.2, 0) is 11.2 Å². The van der Waals surface area contributed by atoms with Gasteiger partial charge >= 0.3 is 0 Å². The first-order valence-electron chi connectivity index (χ1n) is 9.43. The van der Waals surface area contributed by atoms with E-state index < -0.39 is 0 Å². The highest BCUT2D eigenvalue weighted by atomic mass is 35.5. The zero-order valence-corrected chi connectivity index (χ0v) is 15.9. The van der Waals surface area contributed by atoms with Crippen LogP contribution in [0.5, 0.6) is 0 Å². The van der Waals surface area contributed by atoms with E-state index >= 15 is 0 Å². The first-order chi connectivity index (χ1) is 13.7. The maximum absolute atomic E-state index is 12.7. The summed E-state index contributed by atoms with van der Waals surface area (Å²) < 4.78 is 5.88. The lowest BCUT2D eigenvalue weighted by Gasteiger charge is -2.30. The summed E-state index contributed by atoms with van der Waals surface area (Å²) in [7, 11) is 0. The molecule has 0 amide bonds. The van der Waals surface area contributed by atoms with Crippen molar-refractivity contribution in [3.8, 4) is 0 Å². The number of rotatable bonds is 3. The molecule has 1 aromatic carbocycles. The number of dihydropyridines is 1. The number of pyridine rings is 1. The van der Waals surface area contributed by atoms with Crippen molar-refractivity contribution in [3.63, 3.8) is 0 Å². The van der Waals surface area contributed by atoms with Crippen molar-refractivity contribution >= 4 is 34.2 Å². The molecule has 1 aliphatic heterocycles. The fraction of sp³-hybridized carbons (Fsp3) is 0.273. The van der Waals surface area contributed by atoms with Gasteiger partial charge in [0.25, 0.3) is 0 Å². The van der Waals surface area contributed by atoms with E-state index in [1.54, 1.807) is 12.4 Å². The number of ketones is 1. The van der Waals surface area contributed by atoms with Crippen molar-refractivity contribution in [2.45, 2.75) is 38.1 Å². The molecule has 0 saturated carbocycles. The van der Waals surface area contributed by atoms with Crippen molar-refractivity contribution in [1.29, 1.82) is 0 Å². The van der Waals surface area contributed by atoms with Gasteiger partial charge in [0.05, 0.1) is 11.4 Å². The molecule has 5 rings (SSSR count). The number of para-hydroxylation sites is 2. The smallest absolute Gasteiger partial charge is 0.201 e. The largest absolute Gasteiger partial charge is 0.440 e. The number of carbonyl (C=O) groups excluding carboxylic acids is 1. The summed E-state index contributed by atoms with van der Waals surface area (Å²) in [5, 5.41) is 0.532. The van der Waals surface area contributed by atoms with Gasteiger partial charge in [-0.2, -0.15) is 0 Å². The van der Waals surface area contributed by atoms with Crippen LogP contribution in [0.15, 0.2) is 63.3 Å². The maximum atomic E-state index is 12.7. The van der Waals surface area contributed by atoms with Gasteiger partial charge < -0.3 is 4.42 Å². The number of nitrogens with zero attached hydrogens (tertiary/aromatic N) is 3. The number of hydrogen-bond donors (Lipinski definition) is 0. The Balaban J connectivity index is 1.54. The Bertz CT molecular complexity index is 1110. The summed E-state index contributed by atoms with van der Waals surface area (Å²) in [6.45, 7) is 0. The summed E-state index contributed by atoms with van der Waals surface area (Å²) in [6, 6.07) is 9.21. The molecule has 5 nitrogen and oxygen atoms in total. The SMILES string of the molecule is O=C1CCCC2=C1C(c1ccncc1Cl)N=C(Cc1nc3ccccc3o1)C2. The second-order valence-electron chi connectivity index (χ2n) is 7.22. The zero-order chi connectivity index (χ0) is 19.1. The molecule has 0 saturated heterocycles. The van der Waals surface area contributed by atoms with Gasteiger partial charge in [-0.15, -0.1) is 0 Å². The molecule has 3 aromatic rings. The van der Waals surface area contributed by atoms with E-state index in [-0.39, 0.29) is 11.8 Å². The van der Waals surface area contributed by atoms with Crippen molar-refractivity contribution in [1.82, 2.24) is 9.97 Å². The van der Waals surface area contributed by atoms with Gasteiger partial charge in [-0.05, 0) is 31.0 Å². The highest BCUT2D eigenvalue weighted by Crippen LogP contribution is 2.41. The molecule has 0 spiro atoms. The number of allylic oxidation sites excluding steroid dienone is 1. The number of aliphatic imine (C=N–C) groups is 1. The molecule has 0 fully saturated rings. The molecule has 140 valence electrons. The predicted octanol–water partition coefficient (Wildman–Crippen LogP) is 5.05. The topological polar surface area (TPSA) is 68.3 Å². The number of Topliss-reactive ketones (excluding diaryl/α,β-unsaturated/α-hetero) is 1. The highest BCUT2D eigenvalue weighted by molar-refractivity contribution is 6.31. The van der Waals surface area contributed by atoms with E-state index in [1.807, 2.05) is 30.3 Å². The monoisotopic (exact) mass is 391 g/mol. The third kappa shape index (κ3) is 3.06. The normalized spacial score (nSPS) is 19.7. The van der Waals surface area contributed by atoms with E-state index in [0.29, 0.717) is 30.2 Å². The molecule has 2 aromatic heterocycles. The van der Waals surface area contributed by atoms with Gasteiger partial charge in [-0.1, -0.05) is 29.3 Å². The molecule has 1 unspecified atom stereocenters. The minimum Gasteiger partial charge on any atom is -0.440 e. The molecule has 0 bridgehead atoms. The molecule has 1 atom stereocenters. The third-order valence-corrected chi connectivity index (χ3v) is 5.67. The number of benzene rings is 1. The van der Waals surface area contributed by atoms with E-state index in [9.17, 15) is 4.79 Å². The minimum atomic E-state index is -0.369. The molecule has 0 radical (unpaired) electrons. The summed E-state index contributed by atoms with van der Waals surface area (Å²) in [4.78, 5) is 26.3. The third-order valence-electron chi connectivity index (χ3n) is 5.36. The first-order valence-corrected chi connectivity index (χ1v) is 9.81. The lowest BCUT2D eigenvalue weighted by molar-refractivity contribution is -0.116. The van der Waals surface area contributed by atoms with Crippen molar-refractivity contribution in [2.75, 3.05) is 0 Å². The van der Waals surface area contributed by atoms with E-state index in [0.717, 1.165) is 40.8 Å². The standard InChI is InChI=1S/C22H18ClN3O2/c23-16-12-24-9-8-15(16)22-21-13(4-3-6-18(21)27)10-14(25-22)11-20-26-17-5-1-2-7-19(17)28-20/h1-2,5,7-9,12,22H,3-4,6,10-11H2. The number of hydrogen-bond acceptors (Lipinski definition) is 5. The lowest BCUT2D eigenvalue weighted by Crippen LogP contribution is -2.24. The van der Waals surface area contributed by atoms with Crippen LogP contribution in [0.1, 0.15) is 43.2 Å². The number of oxazole rings is 1. The second-order valence-corrected chi connectivity index (χ2v) is 7.63. The van der Waals surface area contributed by atoms with Crippen LogP contribution in [0.25, 0.3) is 11.1 Å². The highest BCUT2D eigenvalue weighted by Gasteiger charge is 2.33. The second kappa shape index (κ2) is 6.99. The van der Waals surface area contributed by atoms with E-state index in [4.69, 9.17) is 21.0 Å². The fourth-order valence-corrected chi connectivity index (χ4v) is 4.33. The summed E-state index contributed by atoms with van der Waals surface area (Å²) in [5.74, 6) is 0.828. The van der Waals surface area contributed by atoms with Crippen LogP contribution < -0.4 is 0 Å². The average molecular weight is 392 g/mol. The Kier molecular flexibility index (Phi) is 4.32. The summed E-state index contributed by atoms with van der Waals surface area (Å²) >= 11 is 6.40. The predicted molar refractivity (Wildman–Crippen MR) is 108 cm³/mol. The van der Waals surface area contributed by atoms with Crippen molar-refractivity contribution in [3.05, 3.63) is 70.3 Å². The quantitative estimate of drug-likeness (QED) is 0.626. The molecule has 0 N–H and O–H groups in total. The van der Waals surface area contributed by atoms with Crippen LogP contribution in [0.4, 0.5) is 0 Å². The van der Waals surface area contributed by atoms with Crippen LogP contribution in [-0.4, -0.2) is 21.5 Å². The summed E-state index contributed by atoms with van der Waals surface area (Å²) in [6.07, 6.45) is 6.91. The Morgan fingerprint density at radius 1 is 1.18 bits per heavy atom. The molecular weight excluding hydrogens is 374 g/mol. The van der Waals surface area contributed by atoms with Crippen molar-refractivity contribution in [2.24, 2.45) is 4.99 Å². The van der Waals surface area contributed by atoms with E-state index in [1.165, 1.54) is 5.57 Å². The van der Waals surface area contributed by atoms with Gasteiger partial charge in [-0.25, -0.2) is 4.98 Å². The number of halogens is 1. The summed E-state index contributed by atoms with van der Waals surface area (Å²) in [5.41, 5.74) is 5.41. The first kappa shape index (κ1) is 17.3. The van der Waals surface area contributed by atoms with E-state index in [2.05, 4.69) is 9.97 Å². The van der Waals surface area contributed by atoms with Gasteiger partial charge in [0, 0.05) is 42.1 Å². The van der Waals surface area contributed by atoms with Crippen LogP contribution in [0.2, 0.25) is 5.02 Å². The average Bonchev–Trinajstić information content (AvgIpc) is 3.10. The molecule has 1 aliphatic carbocycles. The lowest BCUT2D eigenvalue weighted by atomic mass is 9.80. The Labute approximate surface area is 167 Å². The van der Waals surface area contributed by atoms with Gasteiger partial charge in [0.2, 0.25) is 5.89 Å². The number of aromatic nitrogens is 2. The van der Waals surface area contributed by atoms with Crippen LogP contribution >= 0.6 is 11.6 Å². The van der Waals surface area contributed by atoms with Gasteiger partial charge in [0.15, 0.2) is 11.4 Å². The Morgan fingerprint density at radius 2 is 2.07 bits per heavy atom. The van der Waals surface area contributed by atoms with Gasteiger partial charge in [-0.3, -0.25) is 14.8 Å².